The van der Waals surface area contributed by atoms with Crippen molar-refractivity contribution in [3.63, 3.8) is 0 Å². The molecule has 3 aromatic rings. The molecular weight excluding hydrogens is 427 g/mol. The van der Waals surface area contributed by atoms with E-state index in [2.05, 4.69) is 26.8 Å². The monoisotopic (exact) mass is 438 g/mol. The Morgan fingerprint density at radius 1 is 1.04 bits per heavy atom. The summed E-state index contributed by atoms with van der Waals surface area (Å²) in [5.74, 6) is -0.472. The van der Waals surface area contributed by atoms with Gasteiger partial charge in [0.2, 0.25) is 0 Å². The molecule has 0 radical (unpaired) electrons. The van der Waals surface area contributed by atoms with E-state index < -0.39 is 11.8 Å². The van der Waals surface area contributed by atoms with E-state index >= 15 is 0 Å². The van der Waals surface area contributed by atoms with Crippen LogP contribution in [-0.4, -0.2) is 11.8 Å². The van der Waals surface area contributed by atoms with E-state index in [1.54, 1.807) is 18.2 Å². The molecule has 2 heterocycles. The molecule has 0 fully saturated rings. The van der Waals surface area contributed by atoms with Crippen molar-refractivity contribution in [3.05, 3.63) is 74.5 Å². The number of furan rings is 1. The third-order valence-corrected chi connectivity index (χ3v) is 4.79. The molecule has 0 aliphatic rings. The zero-order chi connectivity index (χ0) is 18.5. The lowest BCUT2D eigenvalue weighted by molar-refractivity contribution is 0.0830. The molecule has 134 valence electrons. The molecule has 3 rings (SSSR count). The summed E-state index contributed by atoms with van der Waals surface area (Å²) in [7, 11) is 0. The van der Waals surface area contributed by atoms with Gasteiger partial charge < -0.3 is 9.15 Å². The molecule has 26 heavy (non-hydrogen) atoms. The van der Waals surface area contributed by atoms with Crippen molar-refractivity contribution >= 4 is 39.1 Å². The van der Waals surface area contributed by atoms with Crippen molar-refractivity contribution in [3.8, 4) is 5.75 Å². The zero-order valence-electron chi connectivity index (χ0n) is 13.1. The lowest BCUT2D eigenvalue weighted by atomic mass is 10.3. The highest BCUT2D eigenvalue weighted by atomic mass is 79.9. The van der Waals surface area contributed by atoms with Crippen LogP contribution in [0, 0.1) is 5.82 Å². The second-order valence-electron chi connectivity index (χ2n) is 5.02. The Balaban J connectivity index is 1.51. The van der Waals surface area contributed by atoms with E-state index in [9.17, 15) is 14.0 Å². The Bertz CT molecular complexity index is 923. The molecule has 0 bridgehead atoms. The second-order valence-corrected chi connectivity index (χ2v) is 7.48. The Morgan fingerprint density at radius 3 is 2.46 bits per heavy atom. The summed E-state index contributed by atoms with van der Waals surface area (Å²) in [6.45, 7) is 0.0779. The van der Waals surface area contributed by atoms with Crippen LogP contribution < -0.4 is 15.6 Å². The van der Waals surface area contributed by atoms with E-state index in [0.29, 0.717) is 16.4 Å². The third kappa shape index (κ3) is 4.70. The van der Waals surface area contributed by atoms with Crippen molar-refractivity contribution in [2.45, 2.75) is 6.61 Å². The van der Waals surface area contributed by atoms with Gasteiger partial charge in [-0.1, -0.05) is 0 Å². The average Bonchev–Trinajstić information content (AvgIpc) is 3.28. The van der Waals surface area contributed by atoms with Crippen molar-refractivity contribution in [2.24, 2.45) is 0 Å². The largest absolute Gasteiger partial charge is 0.486 e. The molecule has 2 amide bonds. The number of hydrogen-bond donors (Lipinski definition) is 2. The highest BCUT2D eigenvalue weighted by Gasteiger charge is 2.14. The van der Waals surface area contributed by atoms with Crippen LogP contribution in [0.15, 0.2) is 56.7 Å². The fourth-order valence-electron chi connectivity index (χ4n) is 1.94. The maximum Gasteiger partial charge on any atom is 0.305 e. The molecule has 0 spiro atoms. The van der Waals surface area contributed by atoms with Gasteiger partial charge in [-0.25, -0.2) is 4.39 Å². The van der Waals surface area contributed by atoms with Crippen LogP contribution in [0.2, 0.25) is 0 Å². The van der Waals surface area contributed by atoms with Crippen molar-refractivity contribution in [2.75, 3.05) is 0 Å². The number of thiophene rings is 1. The summed E-state index contributed by atoms with van der Waals surface area (Å²) in [6, 6.07) is 12.0. The van der Waals surface area contributed by atoms with E-state index in [1.807, 2.05) is 0 Å². The molecule has 1 aromatic carbocycles. The maximum absolute atomic E-state index is 12.8. The summed E-state index contributed by atoms with van der Waals surface area (Å²) < 4.78 is 24.4. The SMILES string of the molecule is O=C(NNC(=O)c1ccc(Br)s1)c1ccc(COc2ccc(F)cc2)o1. The fraction of sp³-hybridized carbons (Fsp3) is 0.0588. The lowest BCUT2D eigenvalue weighted by Gasteiger charge is -2.05. The Hall–Kier alpha value is -2.65. The Morgan fingerprint density at radius 2 is 1.77 bits per heavy atom. The van der Waals surface area contributed by atoms with Gasteiger partial charge in [0.25, 0.3) is 5.91 Å². The summed E-state index contributed by atoms with van der Waals surface area (Å²) in [5.41, 5.74) is 4.58. The van der Waals surface area contributed by atoms with Crippen molar-refractivity contribution < 1.29 is 23.1 Å². The van der Waals surface area contributed by atoms with Gasteiger partial charge in [0.15, 0.2) is 5.76 Å². The summed E-state index contributed by atoms with van der Waals surface area (Å²) >= 11 is 4.50. The zero-order valence-corrected chi connectivity index (χ0v) is 15.5. The molecule has 2 aromatic heterocycles. The first-order valence-electron chi connectivity index (χ1n) is 7.34. The molecule has 0 aliphatic heterocycles. The maximum atomic E-state index is 12.8. The fourth-order valence-corrected chi connectivity index (χ4v) is 3.22. The number of amides is 2. The van der Waals surface area contributed by atoms with Crippen LogP contribution in [0.25, 0.3) is 0 Å². The van der Waals surface area contributed by atoms with Gasteiger partial charge >= 0.3 is 5.91 Å². The van der Waals surface area contributed by atoms with Gasteiger partial charge in [-0.3, -0.25) is 20.4 Å². The number of carbonyl (C=O) groups is 2. The topological polar surface area (TPSA) is 80.6 Å². The number of rotatable bonds is 5. The molecule has 0 atom stereocenters. The smallest absolute Gasteiger partial charge is 0.305 e. The molecule has 9 heteroatoms. The first-order chi connectivity index (χ1) is 12.5. The van der Waals surface area contributed by atoms with Gasteiger partial charge in [-0.15, -0.1) is 11.3 Å². The summed E-state index contributed by atoms with van der Waals surface area (Å²) in [5, 5.41) is 0. The minimum absolute atomic E-state index is 0.0235. The van der Waals surface area contributed by atoms with E-state index in [-0.39, 0.29) is 18.2 Å². The molecule has 0 saturated heterocycles. The van der Waals surface area contributed by atoms with Crippen LogP contribution in [-0.2, 0) is 6.61 Å². The van der Waals surface area contributed by atoms with Gasteiger partial charge in [0.1, 0.15) is 23.9 Å². The summed E-state index contributed by atoms with van der Waals surface area (Å²) in [4.78, 5) is 24.3. The second kappa shape index (κ2) is 8.15. The van der Waals surface area contributed by atoms with Gasteiger partial charge in [0.05, 0.1) is 8.66 Å². The van der Waals surface area contributed by atoms with Crippen LogP contribution in [0.1, 0.15) is 26.0 Å². The normalized spacial score (nSPS) is 10.4. The van der Waals surface area contributed by atoms with Gasteiger partial charge in [0, 0.05) is 0 Å². The molecule has 2 N–H and O–H groups in total. The number of nitrogens with one attached hydrogen (secondary N) is 2. The first-order valence-corrected chi connectivity index (χ1v) is 8.95. The van der Waals surface area contributed by atoms with E-state index in [4.69, 9.17) is 9.15 Å². The quantitative estimate of drug-likeness (QED) is 0.592. The number of hydrazine groups is 1. The summed E-state index contributed by atoms with van der Waals surface area (Å²) in [6.07, 6.45) is 0. The highest BCUT2D eigenvalue weighted by molar-refractivity contribution is 9.11. The molecule has 0 unspecified atom stereocenters. The van der Waals surface area contributed by atoms with Crippen molar-refractivity contribution in [1.82, 2.24) is 10.9 Å². The third-order valence-electron chi connectivity index (χ3n) is 3.17. The molecule has 0 saturated carbocycles. The van der Waals surface area contributed by atoms with E-state index in [0.717, 1.165) is 3.79 Å². The Labute approximate surface area is 160 Å². The first kappa shape index (κ1) is 18.2. The number of benzene rings is 1. The molecule has 0 aliphatic carbocycles. The number of carbonyl (C=O) groups excluding carboxylic acids is 2. The van der Waals surface area contributed by atoms with Crippen molar-refractivity contribution in [1.29, 1.82) is 0 Å². The average molecular weight is 439 g/mol. The number of halogens is 2. The standard InChI is InChI=1S/C17H12BrFN2O4S/c18-15-8-7-14(26-15)17(23)21-20-16(22)13-6-5-12(25-13)9-24-11-3-1-10(19)2-4-11/h1-8H,9H2,(H,20,22)(H,21,23). The van der Waals surface area contributed by atoms with Gasteiger partial charge in [-0.05, 0) is 64.5 Å². The predicted octanol–water partition coefficient (Wildman–Crippen LogP) is 3.90. The van der Waals surface area contributed by atoms with Crippen LogP contribution >= 0.6 is 27.3 Å². The molecular formula is C17H12BrFN2O4S. The van der Waals surface area contributed by atoms with Crippen LogP contribution in [0.5, 0.6) is 5.75 Å². The minimum Gasteiger partial charge on any atom is -0.486 e. The number of ether oxygens (including phenoxy) is 1. The van der Waals surface area contributed by atoms with Crippen LogP contribution in [0.3, 0.4) is 0 Å². The highest BCUT2D eigenvalue weighted by Crippen LogP contribution is 2.21. The predicted molar refractivity (Wildman–Crippen MR) is 96.4 cm³/mol. The minimum atomic E-state index is -0.595. The van der Waals surface area contributed by atoms with Crippen LogP contribution in [0.4, 0.5) is 4.39 Å². The number of hydrogen-bond acceptors (Lipinski definition) is 5. The molecule has 6 nitrogen and oxygen atoms in total. The Kier molecular flexibility index (Phi) is 5.69. The van der Waals surface area contributed by atoms with Gasteiger partial charge in [-0.2, -0.15) is 0 Å². The lowest BCUT2D eigenvalue weighted by Crippen LogP contribution is -2.41. The van der Waals surface area contributed by atoms with E-state index in [1.165, 1.54) is 41.7 Å².